The molecule has 0 aliphatic carbocycles. The zero-order valence-corrected chi connectivity index (χ0v) is 26.0. The maximum Gasteiger partial charge on any atom is 0.413 e. The second-order valence-corrected chi connectivity index (χ2v) is 17.7. The topological polar surface area (TPSA) is 100 Å². The average molecular weight is 580 g/mol. The molecule has 0 saturated carbocycles. The van der Waals surface area contributed by atoms with Crippen molar-refractivity contribution in [3.8, 4) is 28.1 Å². The maximum absolute atomic E-state index is 14.6. The minimum atomic E-state index is -1.27. The number of fused-ring (bicyclic) bond motifs is 1. The van der Waals surface area contributed by atoms with Crippen LogP contribution in [0.25, 0.3) is 33.4 Å². The van der Waals surface area contributed by atoms with Crippen molar-refractivity contribution in [3.05, 3.63) is 54.4 Å². The minimum Gasteiger partial charge on any atom is -0.497 e. The molecule has 1 amide bonds. The molecule has 0 spiro atoms. The summed E-state index contributed by atoms with van der Waals surface area (Å²) in [5, 5.41) is 3.41. The number of hydrogen-bond donors (Lipinski definition) is 1. The van der Waals surface area contributed by atoms with Crippen molar-refractivity contribution in [1.82, 2.24) is 19.5 Å². The Morgan fingerprint density at radius 3 is 2.54 bits per heavy atom. The first kappa shape index (κ1) is 30.1. The van der Waals surface area contributed by atoms with Crippen LogP contribution in [-0.2, 0) is 16.2 Å². The van der Waals surface area contributed by atoms with Crippen molar-refractivity contribution in [1.29, 1.82) is 0 Å². The van der Waals surface area contributed by atoms with Gasteiger partial charge in [-0.1, -0.05) is 19.6 Å². The molecule has 0 aliphatic rings. The first-order valence-corrected chi connectivity index (χ1v) is 17.2. The first-order chi connectivity index (χ1) is 19.2. The van der Waals surface area contributed by atoms with Gasteiger partial charge in [-0.2, -0.15) is 0 Å². The second-order valence-electron chi connectivity index (χ2n) is 12.1. The third kappa shape index (κ3) is 7.89. The number of nitrogens with zero attached hydrogens (tertiary/aromatic N) is 4. The third-order valence-electron chi connectivity index (χ3n) is 6.14. The monoisotopic (exact) mass is 579 g/mol. The summed E-state index contributed by atoms with van der Waals surface area (Å²) in [5.74, 6) is 0.803. The van der Waals surface area contributed by atoms with Crippen LogP contribution in [0.3, 0.4) is 0 Å². The molecule has 0 aliphatic heterocycles. The van der Waals surface area contributed by atoms with Crippen LogP contribution in [0.4, 0.5) is 15.0 Å². The van der Waals surface area contributed by atoms with Crippen molar-refractivity contribution in [2.45, 2.75) is 65.7 Å². The van der Waals surface area contributed by atoms with Crippen molar-refractivity contribution in [2.24, 2.45) is 0 Å². The van der Waals surface area contributed by atoms with Crippen LogP contribution in [0.5, 0.6) is 5.75 Å². The summed E-state index contributed by atoms with van der Waals surface area (Å²) in [7, 11) is 0.228. The standard InChI is InChI=1S/C30H38FN5O4Si/c1-19-33-27(21-13-22(31)16-23(14-21)38-5)26-24(17-36(28(26)34-19)18-39-11-12-41(6,7)8)20-9-10-32-25(15-20)35-29(37)40-30(2,3)4/h9-10,13-17H,11-12,18H2,1-8H3,(H,32,35,37). The Kier molecular flexibility index (Phi) is 8.79. The lowest BCUT2D eigenvalue weighted by atomic mass is 10.0. The van der Waals surface area contributed by atoms with Gasteiger partial charge in [0.2, 0.25) is 0 Å². The number of aryl methyl sites for hydroxylation is 1. The van der Waals surface area contributed by atoms with Crippen molar-refractivity contribution < 1.29 is 23.4 Å². The van der Waals surface area contributed by atoms with Crippen LogP contribution in [0, 0.1) is 12.7 Å². The first-order valence-electron chi connectivity index (χ1n) is 13.5. The maximum atomic E-state index is 14.6. The van der Waals surface area contributed by atoms with E-state index < -0.39 is 25.6 Å². The van der Waals surface area contributed by atoms with Gasteiger partial charge in [-0.05, 0) is 63.6 Å². The highest BCUT2D eigenvalue weighted by Gasteiger charge is 2.22. The zero-order valence-electron chi connectivity index (χ0n) is 25.0. The molecule has 0 bridgehead atoms. The Balaban J connectivity index is 1.84. The Bertz CT molecular complexity index is 1560. The Labute approximate surface area is 241 Å². The number of anilines is 1. The summed E-state index contributed by atoms with van der Waals surface area (Å²) in [6.07, 6.45) is 2.95. The summed E-state index contributed by atoms with van der Waals surface area (Å²) in [6, 6.07) is 9.12. The summed E-state index contributed by atoms with van der Waals surface area (Å²) in [6.45, 7) is 15.0. The van der Waals surface area contributed by atoms with Gasteiger partial charge in [-0.3, -0.25) is 5.32 Å². The molecule has 0 saturated heterocycles. The predicted octanol–water partition coefficient (Wildman–Crippen LogP) is 7.28. The van der Waals surface area contributed by atoms with Gasteiger partial charge in [0.05, 0.1) is 18.2 Å². The number of ether oxygens (including phenoxy) is 3. The number of carbonyl (C=O) groups excluding carboxylic acids is 1. The predicted molar refractivity (Wildman–Crippen MR) is 161 cm³/mol. The molecule has 41 heavy (non-hydrogen) atoms. The molecule has 1 aromatic carbocycles. The number of aromatic nitrogens is 4. The number of methoxy groups -OCH3 is 1. The fourth-order valence-corrected chi connectivity index (χ4v) is 5.01. The van der Waals surface area contributed by atoms with Gasteiger partial charge >= 0.3 is 6.09 Å². The molecule has 9 nitrogen and oxygen atoms in total. The molecule has 0 radical (unpaired) electrons. The molecule has 4 aromatic rings. The van der Waals surface area contributed by atoms with Gasteiger partial charge < -0.3 is 18.8 Å². The number of carbonyl (C=O) groups is 1. The highest BCUT2D eigenvalue weighted by Crippen LogP contribution is 2.38. The van der Waals surface area contributed by atoms with Crippen LogP contribution < -0.4 is 10.1 Å². The van der Waals surface area contributed by atoms with E-state index in [9.17, 15) is 9.18 Å². The number of hydrogen-bond acceptors (Lipinski definition) is 7. The summed E-state index contributed by atoms with van der Waals surface area (Å²) in [5.41, 5.74) is 2.64. The van der Waals surface area contributed by atoms with Gasteiger partial charge in [-0.15, -0.1) is 0 Å². The molecule has 3 heterocycles. The van der Waals surface area contributed by atoms with E-state index in [0.29, 0.717) is 46.3 Å². The molecule has 3 aromatic heterocycles. The Morgan fingerprint density at radius 1 is 1.10 bits per heavy atom. The Hall–Kier alpha value is -3.83. The van der Waals surface area contributed by atoms with Crippen molar-refractivity contribution >= 4 is 31.0 Å². The molecular formula is C30H38FN5O4Si. The summed E-state index contributed by atoms with van der Waals surface area (Å²) >= 11 is 0. The van der Waals surface area contributed by atoms with E-state index in [1.165, 1.54) is 19.2 Å². The zero-order chi connectivity index (χ0) is 29.9. The SMILES string of the molecule is COc1cc(F)cc(-c2nc(C)nc3c2c(-c2ccnc(NC(=O)OC(C)(C)C)c2)cn3COCC[Si](C)(C)C)c1. The van der Waals surface area contributed by atoms with Gasteiger partial charge in [0, 0.05) is 44.3 Å². The molecule has 0 fully saturated rings. The van der Waals surface area contributed by atoms with Crippen LogP contribution in [0.1, 0.15) is 26.6 Å². The van der Waals surface area contributed by atoms with Crippen LogP contribution in [0.15, 0.2) is 42.7 Å². The molecule has 0 unspecified atom stereocenters. The lowest BCUT2D eigenvalue weighted by Crippen LogP contribution is -2.27. The van der Waals surface area contributed by atoms with E-state index in [2.05, 4.69) is 29.9 Å². The molecule has 1 N–H and O–H groups in total. The summed E-state index contributed by atoms with van der Waals surface area (Å²) in [4.78, 5) is 26.2. The van der Waals surface area contributed by atoms with Crippen molar-refractivity contribution in [2.75, 3.05) is 19.0 Å². The van der Waals surface area contributed by atoms with E-state index in [0.717, 1.165) is 17.2 Å². The van der Waals surface area contributed by atoms with Gasteiger partial charge in [0.25, 0.3) is 0 Å². The molecule has 11 heteroatoms. The quantitative estimate of drug-likeness (QED) is 0.164. The van der Waals surface area contributed by atoms with E-state index in [-0.39, 0.29) is 6.73 Å². The summed E-state index contributed by atoms with van der Waals surface area (Å²) < 4.78 is 33.4. The van der Waals surface area contributed by atoms with Crippen LogP contribution in [-0.4, -0.2) is 53.0 Å². The highest BCUT2D eigenvalue weighted by molar-refractivity contribution is 6.76. The smallest absolute Gasteiger partial charge is 0.413 e. The molecule has 4 rings (SSSR count). The van der Waals surface area contributed by atoms with Gasteiger partial charge in [0.1, 0.15) is 41.2 Å². The van der Waals surface area contributed by atoms with Crippen LogP contribution >= 0.6 is 0 Å². The number of halogens is 1. The van der Waals surface area contributed by atoms with E-state index >= 15 is 0 Å². The fraction of sp³-hybridized carbons (Fsp3) is 0.400. The van der Waals surface area contributed by atoms with Crippen LogP contribution in [0.2, 0.25) is 25.7 Å². The second kappa shape index (κ2) is 12.0. The van der Waals surface area contributed by atoms with Crippen molar-refractivity contribution in [3.63, 3.8) is 0 Å². The van der Waals surface area contributed by atoms with E-state index in [1.54, 1.807) is 46.0 Å². The van der Waals surface area contributed by atoms with E-state index in [4.69, 9.17) is 24.2 Å². The molecule has 218 valence electrons. The molecular weight excluding hydrogens is 541 g/mol. The lowest BCUT2D eigenvalue weighted by molar-refractivity contribution is 0.0635. The normalized spacial score (nSPS) is 12.0. The number of amides is 1. The number of rotatable bonds is 9. The third-order valence-corrected chi connectivity index (χ3v) is 7.84. The Morgan fingerprint density at radius 2 is 1.85 bits per heavy atom. The number of benzene rings is 1. The number of nitrogens with one attached hydrogen (secondary N) is 1. The average Bonchev–Trinajstić information content (AvgIpc) is 3.22. The van der Waals surface area contributed by atoms with Gasteiger partial charge in [0.15, 0.2) is 0 Å². The lowest BCUT2D eigenvalue weighted by Gasteiger charge is -2.19. The largest absolute Gasteiger partial charge is 0.497 e. The number of pyridine rings is 1. The fourth-order valence-electron chi connectivity index (χ4n) is 4.25. The van der Waals surface area contributed by atoms with Gasteiger partial charge in [-0.25, -0.2) is 24.1 Å². The highest BCUT2D eigenvalue weighted by atomic mass is 28.3. The molecule has 0 atom stereocenters. The van der Waals surface area contributed by atoms with E-state index in [1.807, 2.05) is 16.8 Å². The minimum absolute atomic E-state index is 0.289.